The molecule has 0 saturated carbocycles. The molecule has 0 fully saturated rings. The highest BCUT2D eigenvalue weighted by molar-refractivity contribution is 7.10. The van der Waals surface area contributed by atoms with Crippen molar-refractivity contribution in [2.75, 3.05) is 13.2 Å². The average molecular weight is 239 g/mol. The van der Waals surface area contributed by atoms with E-state index < -0.39 is 0 Å². The van der Waals surface area contributed by atoms with Gasteiger partial charge in [0.05, 0.1) is 6.61 Å². The largest absolute Gasteiger partial charge is 0.464 e. The van der Waals surface area contributed by atoms with E-state index in [9.17, 15) is 4.79 Å². The van der Waals surface area contributed by atoms with Crippen LogP contribution in [0, 0.1) is 0 Å². The smallest absolute Gasteiger partial charge is 0.328 e. The van der Waals surface area contributed by atoms with Gasteiger partial charge in [0, 0.05) is 11.4 Å². The second-order valence-corrected chi connectivity index (χ2v) is 4.92. The lowest BCUT2D eigenvalue weighted by Crippen LogP contribution is -2.35. The zero-order valence-corrected chi connectivity index (χ0v) is 10.3. The third-order valence-electron chi connectivity index (χ3n) is 2.76. The molecule has 2 heterocycles. The molecular formula is C12H17NO2S. The topological polar surface area (TPSA) is 38.3 Å². The SMILES string of the molecule is CCCCOC(=O)C1NCCc2ccsc21. The molecule has 2 rings (SSSR count). The minimum Gasteiger partial charge on any atom is -0.464 e. The number of esters is 1. The van der Waals surface area contributed by atoms with E-state index in [0.29, 0.717) is 6.61 Å². The fourth-order valence-electron chi connectivity index (χ4n) is 1.84. The van der Waals surface area contributed by atoms with E-state index in [0.717, 1.165) is 30.7 Å². The number of carbonyl (C=O) groups is 1. The van der Waals surface area contributed by atoms with E-state index in [1.807, 2.05) is 5.38 Å². The Bertz CT molecular complexity index is 362. The Kier molecular flexibility index (Phi) is 3.96. The number of carbonyl (C=O) groups excluding carboxylic acids is 1. The molecule has 0 aliphatic carbocycles. The highest BCUT2D eigenvalue weighted by atomic mass is 32.1. The number of unbranched alkanes of at least 4 members (excludes halogenated alkanes) is 1. The molecule has 0 amide bonds. The van der Waals surface area contributed by atoms with Crippen molar-refractivity contribution in [3.63, 3.8) is 0 Å². The molecule has 1 N–H and O–H groups in total. The van der Waals surface area contributed by atoms with Gasteiger partial charge in [-0.05, 0) is 29.9 Å². The number of ether oxygens (including phenoxy) is 1. The molecule has 0 radical (unpaired) electrons. The van der Waals surface area contributed by atoms with Gasteiger partial charge >= 0.3 is 5.97 Å². The highest BCUT2D eigenvalue weighted by Crippen LogP contribution is 2.28. The van der Waals surface area contributed by atoms with Crippen LogP contribution < -0.4 is 5.32 Å². The summed E-state index contributed by atoms with van der Waals surface area (Å²) in [6.45, 7) is 3.48. The predicted molar refractivity (Wildman–Crippen MR) is 64.6 cm³/mol. The van der Waals surface area contributed by atoms with E-state index in [1.165, 1.54) is 5.56 Å². The Morgan fingerprint density at radius 2 is 2.56 bits per heavy atom. The van der Waals surface area contributed by atoms with Crippen LogP contribution in [0.15, 0.2) is 11.4 Å². The minimum absolute atomic E-state index is 0.128. The first-order valence-corrected chi connectivity index (χ1v) is 6.67. The lowest BCUT2D eigenvalue weighted by Gasteiger charge is -2.22. The third kappa shape index (κ3) is 2.44. The molecule has 1 aromatic heterocycles. The van der Waals surface area contributed by atoms with Crippen molar-refractivity contribution in [1.82, 2.24) is 5.32 Å². The van der Waals surface area contributed by atoms with Gasteiger partial charge in [0.1, 0.15) is 6.04 Å². The van der Waals surface area contributed by atoms with Crippen LogP contribution in [0.5, 0.6) is 0 Å². The van der Waals surface area contributed by atoms with Crippen molar-refractivity contribution in [2.45, 2.75) is 32.2 Å². The van der Waals surface area contributed by atoms with Gasteiger partial charge in [0.2, 0.25) is 0 Å². The van der Waals surface area contributed by atoms with Crippen LogP contribution in [0.1, 0.15) is 36.2 Å². The molecule has 0 aromatic carbocycles. The normalized spacial score (nSPS) is 19.2. The molecule has 1 unspecified atom stereocenters. The van der Waals surface area contributed by atoms with E-state index in [1.54, 1.807) is 11.3 Å². The van der Waals surface area contributed by atoms with Gasteiger partial charge in [-0.2, -0.15) is 0 Å². The summed E-state index contributed by atoms with van der Waals surface area (Å²) < 4.78 is 5.25. The van der Waals surface area contributed by atoms with Crippen molar-refractivity contribution in [3.8, 4) is 0 Å². The molecule has 0 spiro atoms. The van der Waals surface area contributed by atoms with Gasteiger partial charge in [0.15, 0.2) is 0 Å². The van der Waals surface area contributed by atoms with Crippen molar-refractivity contribution in [3.05, 3.63) is 21.9 Å². The summed E-state index contributed by atoms with van der Waals surface area (Å²) in [5.41, 5.74) is 1.29. The Morgan fingerprint density at radius 1 is 1.69 bits per heavy atom. The Labute approximate surface area is 99.8 Å². The molecule has 1 aromatic rings. The first-order valence-electron chi connectivity index (χ1n) is 5.79. The molecular weight excluding hydrogens is 222 g/mol. The maximum Gasteiger partial charge on any atom is 0.328 e. The average Bonchev–Trinajstić information content (AvgIpc) is 2.76. The van der Waals surface area contributed by atoms with Crippen molar-refractivity contribution >= 4 is 17.3 Å². The van der Waals surface area contributed by atoms with Crippen LogP contribution in [0.4, 0.5) is 0 Å². The number of hydrogen-bond donors (Lipinski definition) is 1. The van der Waals surface area contributed by atoms with Crippen molar-refractivity contribution < 1.29 is 9.53 Å². The van der Waals surface area contributed by atoms with Crippen LogP contribution in [0.2, 0.25) is 0 Å². The van der Waals surface area contributed by atoms with Gasteiger partial charge < -0.3 is 4.74 Å². The second kappa shape index (κ2) is 5.46. The van der Waals surface area contributed by atoms with Crippen molar-refractivity contribution in [2.24, 2.45) is 0 Å². The van der Waals surface area contributed by atoms with Crippen molar-refractivity contribution in [1.29, 1.82) is 0 Å². The van der Waals surface area contributed by atoms with Crippen LogP contribution in [-0.4, -0.2) is 19.1 Å². The quantitative estimate of drug-likeness (QED) is 0.647. The summed E-state index contributed by atoms with van der Waals surface area (Å²) in [4.78, 5) is 13.0. The number of hydrogen-bond acceptors (Lipinski definition) is 4. The van der Waals surface area contributed by atoms with E-state index >= 15 is 0 Å². The number of rotatable bonds is 4. The first-order chi connectivity index (χ1) is 7.83. The van der Waals surface area contributed by atoms with Gasteiger partial charge in [-0.3, -0.25) is 5.32 Å². The monoisotopic (exact) mass is 239 g/mol. The van der Waals surface area contributed by atoms with Crippen LogP contribution in [0.3, 0.4) is 0 Å². The summed E-state index contributed by atoms with van der Waals surface area (Å²) in [5.74, 6) is -0.128. The molecule has 0 saturated heterocycles. The number of fused-ring (bicyclic) bond motifs is 1. The zero-order chi connectivity index (χ0) is 11.4. The molecule has 1 atom stereocenters. The summed E-state index contributed by atoms with van der Waals surface area (Å²) in [6, 6.07) is 1.87. The van der Waals surface area contributed by atoms with Crippen LogP contribution in [0.25, 0.3) is 0 Å². The summed E-state index contributed by atoms with van der Waals surface area (Å²) in [6.07, 6.45) is 3.00. The minimum atomic E-state index is -0.236. The number of nitrogens with one attached hydrogen (secondary N) is 1. The standard InChI is InChI=1S/C12H17NO2S/c1-2-3-7-15-12(14)10-11-9(4-6-13-10)5-8-16-11/h5,8,10,13H,2-4,6-7H2,1H3. The summed E-state index contributed by atoms with van der Waals surface area (Å²) >= 11 is 1.64. The fourth-order valence-corrected chi connectivity index (χ4v) is 2.86. The van der Waals surface area contributed by atoms with Gasteiger partial charge in [-0.15, -0.1) is 11.3 Å². The molecule has 1 aliphatic rings. The third-order valence-corrected chi connectivity index (χ3v) is 3.79. The van der Waals surface area contributed by atoms with Crippen LogP contribution >= 0.6 is 11.3 Å². The molecule has 3 nitrogen and oxygen atoms in total. The molecule has 0 bridgehead atoms. The van der Waals surface area contributed by atoms with E-state index in [-0.39, 0.29) is 12.0 Å². The van der Waals surface area contributed by atoms with E-state index in [2.05, 4.69) is 18.3 Å². The summed E-state index contributed by atoms with van der Waals surface area (Å²) in [5, 5.41) is 5.27. The van der Waals surface area contributed by atoms with Crippen LogP contribution in [-0.2, 0) is 16.0 Å². The first kappa shape index (κ1) is 11.6. The van der Waals surface area contributed by atoms with E-state index in [4.69, 9.17) is 4.74 Å². The van der Waals surface area contributed by atoms with Gasteiger partial charge in [-0.1, -0.05) is 13.3 Å². The fraction of sp³-hybridized carbons (Fsp3) is 0.583. The lowest BCUT2D eigenvalue weighted by atomic mass is 10.0. The van der Waals surface area contributed by atoms with Gasteiger partial charge in [0.25, 0.3) is 0 Å². The molecule has 16 heavy (non-hydrogen) atoms. The molecule has 88 valence electrons. The Balaban J connectivity index is 1.98. The molecule has 4 heteroatoms. The molecule has 1 aliphatic heterocycles. The number of thiophene rings is 1. The highest BCUT2D eigenvalue weighted by Gasteiger charge is 2.28. The second-order valence-electron chi connectivity index (χ2n) is 3.97. The summed E-state index contributed by atoms with van der Waals surface area (Å²) in [7, 11) is 0. The predicted octanol–water partition coefficient (Wildman–Crippen LogP) is 2.28. The Morgan fingerprint density at radius 3 is 3.38 bits per heavy atom. The zero-order valence-electron chi connectivity index (χ0n) is 9.49. The maximum atomic E-state index is 11.9. The maximum absolute atomic E-state index is 11.9. The lowest BCUT2D eigenvalue weighted by molar-refractivity contribution is -0.146. The Hall–Kier alpha value is -0.870. The van der Waals surface area contributed by atoms with Gasteiger partial charge in [-0.25, -0.2) is 4.79 Å².